The molecule has 0 bridgehead atoms. The summed E-state index contributed by atoms with van der Waals surface area (Å²) in [6.07, 6.45) is 3.43. The van der Waals surface area contributed by atoms with Gasteiger partial charge in [-0.2, -0.15) is 0 Å². The van der Waals surface area contributed by atoms with Gasteiger partial charge in [0.1, 0.15) is 17.2 Å². The molecule has 0 saturated carbocycles. The van der Waals surface area contributed by atoms with Crippen LogP contribution in [0.5, 0.6) is 0 Å². The van der Waals surface area contributed by atoms with Crippen molar-refractivity contribution < 1.29 is 0 Å². The van der Waals surface area contributed by atoms with Gasteiger partial charge in [0.25, 0.3) is 0 Å². The van der Waals surface area contributed by atoms with Gasteiger partial charge in [0.05, 0.1) is 0 Å². The zero-order valence-electron chi connectivity index (χ0n) is 10.4. The molecular weight excluding hydrogens is 238 g/mol. The molecule has 0 saturated heterocycles. The minimum absolute atomic E-state index is 0.564. The molecule has 0 amide bonds. The average molecular weight is 249 g/mol. The maximum absolute atomic E-state index is 4.43. The maximum atomic E-state index is 4.43. The molecule has 0 aliphatic rings. The summed E-state index contributed by atoms with van der Waals surface area (Å²) in [6, 6.07) is 11.3. The van der Waals surface area contributed by atoms with Crippen molar-refractivity contribution in [3.8, 4) is 23.0 Å². The van der Waals surface area contributed by atoms with Gasteiger partial charge >= 0.3 is 0 Å². The molecule has 0 radical (unpaired) electrons. The predicted octanol–water partition coefficient (Wildman–Crippen LogP) is 2.30. The van der Waals surface area contributed by atoms with E-state index in [1.807, 2.05) is 43.3 Å². The van der Waals surface area contributed by atoms with Crippen LogP contribution in [0.25, 0.3) is 23.0 Å². The van der Waals surface area contributed by atoms with Gasteiger partial charge in [0, 0.05) is 12.4 Å². The summed E-state index contributed by atoms with van der Waals surface area (Å²) in [4.78, 5) is 21.6. The Morgan fingerprint density at radius 1 is 0.684 bits per heavy atom. The molecule has 0 spiro atoms. The van der Waals surface area contributed by atoms with Crippen LogP contribution in [-0.2, 0) is 0 Å². The predicted molar refractivity (Wildman–Crippen MR) is 71.0 cm³/mol. The molecule has 19 heavy (non-hydrogen) atoms. The quantitative estimate of drug-likeness (QED) is 0.697. The zero-order valence-corrected chi connectivity index (χ0v) is 10.4. The number of nitrogens with zero attached hydrogens (tertiary/aromatic N) is 5. The van der Waals surface area contributed by atoms with Crippen LogP contribution in [0.2, 0.25) is 0 Å². The number of rotatable bonds is 2. The van der Waals surface area contributed by atoms with Gasteiger partial charge in [0.2, 0.25) is 0 Å². The summed E-state index contributed by atoms with van der Waals surface area (Å²) in [5.74, 6) is 1.78. The van der Waals surface area contributed by atoms with Crippen molar-refractivity contribution in [2.24, 2.45) is 0 Å². The van der Waals surface area contributed by atoms with Crippen molar-refractivity contribution in [1.82, 2.24) is 24.9 Å². The van der Waals surface area contributed by atoms with Gasteiger partial charge in [-0.3, -0.25) is 9.97 Å². The van der Waals surface area contributed by atoms with E-state index in [9.17, 15) is 0 Å². The molecule has 0 aliphatic carbocycles. The van der Waals surface area contributed by atoms with E-state index < -0.39 is 0 Å². The standard InChI is InChI=1S/C14H11N5/c1-10-17-13(11-6-2-4-8-15-11)19-14(18-10)12-7-3-5-9-16-12/h2-9H,1H3. The zero-order chi connectivity index (χ0) is 13.1. The van der Waals surface area contributed by atoms with Gasteiger partial charge in [-0.1, -0.05) is 12.1 Å². The van der Waals surface area contributed by atoms with E-state index in [1.165, 1.54) is 0 Å². The van der Waals surface area contributed by atoms with Crippen LogP contribution < -0.4 is 0 Å². The molecule has 0 unspecified atom stereocenters. The Morgan fingerprint density at radius 3 is 1.63 bits per heavy atom. The Morgan fingerprint density at radius 2 is 1.21 bits per heavy atom. The Labute approximate surface area is 110 Å². The molecule has 92 valence electrons. The third-order valence-corrected chi connectivity index (χ3v) is 2.54. The van der Waals surface area contributed by atoms with E-state index in [4.69, 9.17) is 0 Å². The summed E-state index contributed by atoms with van der Waals surface area (Å²) >= 11 is 0. The lowest BCUT2D eigenvalue weighted by Crippen LogP contribution is -2.01. The largest absolute Gasteiger partial charge is 0.253 e. The summed E-state index contributed by atoms with van der Waals surface area (Å²) < 4.78 is 0. The third-order valence-electron chi connectivity index (χ3n) is 2.54. The number of hydrogen-bond acceptors (Lipinski definition) is 5. The molecule has 3 aromatic heterocycles. The van der Waals surface area contributed by atoms with Gasteiger partial charge in [-0.25, -0.2) is 15.0 Å². The molecule has 5 nitrogen and oxygen atoms in total. The molecule has 3 aromatic rings. The van der Waals surface area contributed by atoms with Crippen molar-refractivity contribution >= 4 is 0 Å². The maximum Gasteiger partial charge on any atom is 0.182 e. The third kappa shape index (κ3) is 2.44. The first-order valence-electron chi connectivity index (χ1n) is 5.88. The lowest BCUT2D eigenvalue weighted by Gasteiger charge is -2.04. The first-order chi connectivity index (χ1) is 9.33. The van der Waals surface area contributed by atoms with Gasteiger partial charge in [-0.15, -0.1) is 0 Å². The molecule has 0 fully saturated rings. The smallest absolute Gasteiger partial charge is 0.182 e. The fraction of sp³-hybridized carbons (Fsp3) is 0.0714. The Balaban J connectivity index is 2.12. The van der Waals surface area contributed by atoms with Crippen molar-refractivity contribution in [3.05, 3.63) is 54.6 Å². The number of aryl methyl sites for hydroxylation is 1. The van der Waals surface area contributed by atoms with E-state index in [2.05, 4.69) is 24.9 Å². The fourth-order valence-electron chi connectivity index (χ4n) is 1.70. The second-order valence-electron chi connectivity index (χ2n) is 3.96. The van der Waals surface area contributed by atoms with Crippen molar-refractivity contribution in [2.75, 3.05) is 0 Å². The van der Waals surface area contributed by atoms with Crippen LogP contribution in [0.4, 0.5) is 0 Å². The highest BCUT2D eigenvalue weighted by Gasteiger charge is 2.09. The molecule has 0 aliphatic heterocycles. The lowest BCUT2D eigenvalue weighted by atomic mass is 10.3. The van der Waals surface area contributed by atoms with E-state index in [-0.39, 0.29) is 0 Å². The number of aromatic nitrogens is 5. The minimum Gasteiger partial charge on any atom is -0.253 e. The van der Waals surface area contributed by atoms with Crippen LogP contribution in [0.3, 0.4) is 0 Å². The van der Waals surface area contributed by atoms with Gasteiger partial charge in [-0.05, 0) is 31.2 Å². The van der Waals surface area contributed by atoms with Gasteiger partial charge in [0.15, 0.2) is 11.6 Å². The second kappa shape index (κ2) is 4.89. The molecule has 0 aromatic carbocycles. The Kier molecular flexibility index (Phi) is 2.94. The monoisotopic (exact) mass is 249 g/mol. The van der Waals surface area contributed by atoms with Crippen LogP contribution in [0.15, 0.2) is 48.8 Å². The summed E-state index contributed by atoms with van der Waals surface area (Å²) in [6.45, 7) is 1.83. The molecule has 3 rings (SSSR count). The van der Waals surface area contributed by atoms with Crippen molar-refractivity contribution in [3.63, 3.8) is 0 Å². The van der Waals surface area contributed by atoms with Crippen molar-refractivity contribution in [2.45, 2.75) is 6.92 Å². The number of pyridine rings is 2. The van der Waals surface area contributed by atoms with E-state index in [1.54, 1.807) is 12.4 Å². The second-order valence-corrected chi connectivity index (χ2v) is 3.96. The van der Waals surface area contributed by atoms with Crippen LogP contribution in [0, 0.1) is 6.92 Å². The average Bonchev–Trinajstić information content (AvgIpc) is 2.48. The molecule has 0 atom stereocenters. The van der Waals surface area contributed by atoms with Crippen LogP contribution in [-0.4, -0.2) is 24.9 Å². The minimum atomic E-state index is 0.564. The Hall–Kier alpha value is -2.69. The normalized spacial score (nSPS) is 10.4. The highest BCUT2D eigenvalue weighted by Crippen LogP contribution is 2.16. The Bertz CT molecular complexity index is 625. The van der Waals surface area contributed by atoms with E-state index in [0.717, 1.165) is 11.4 Å². The summed E-state index contributed by atoms with van der Waals surface area (Å²) in [5.41, 5.74) is 1.45. The molecule has 3 heterocycles. The summed E-state index contributed by atoms with van der Waals surface area (Å²) in [5, 5.41) is 0. The summed E-state index contributed by atoms with van der Waals surface area (Å²) in [7, 11) is 0. The van der Waals surface area contributed by atoms with Crippen LogP contribution >= 0.6 is 0 Å². The van der Waals surface area contributed by atoms with E-state index in [0.29, 0.717) is 17.5 Å². The lowest BCUT2D eigenvalue weighted by molar-refractivity contribution is 0.975. The van der Waals surface area contributed by atoms with Gasteiger partial charge < -0.3 is 0 Å². The molecular formula is C14H11N5. The first kappa shape index (κ1) is 11.4. The first-order valence-corrected chi connectivity index (χ1v) is 5.88. The van der Waals surface area contributed by atoms with E-state index >= 15 is 0 Å². The SMILES string of the molecule is Cc1nc(-c2ccccn2)nc(-c2ccccn2)n1. The van der Waals surface area contributed by atoms with Crippen LogP contribution in [0.1, 0.15) is 5.82 Å². The number of hydrogen-bond donors (Lipinski definition) is 0. The fourth-order valence-corrected chi connectivity index (χ4v) is 1.70. The highest BCUT2D eigenvalue weighted by atomic mass is 15.1. The molecule has 5 heteroatoms. The highest BCUT2D eigenvalue weighted by molar-refractivity contribution is 5.55. The molecule has 0 N–H and O–H groups in total. The van der Waals surface area contributed by atoms with Crippen molar-refractivity contribution in [1.29, 1.82) is 0 Å². The topological polar surface area (TPSA) is 64.5 Å².